The Labute approximate surface area is 143 Å². The number of ether oxygens (including phenoxy) is 1. The van der Waals surface area contributed by atoms with Crippen molar-refractivity contribution < 1.29 is 27.5 Å². The van der Waals surface area contributed by atoms with Crippen molar-refractivity contribution in [1.82, 2.24) is 15.1 Å². The lowest BCUT2D eigenvalue weighted by Crippen LogP contribution is -2.53. The molecule has 3 amide bonds. The van der Waals surface area contributed by atoms with E-state index < -0.39 is 24.3 Å². The van der Waals surface area contributed by atoms with E-state index in [0.717, 1.165) is 6.07 Å². The molecule has 0 radical (unpaired) electrons. The molecule has 0 bridgehead atoms. The predicted octanol–water partition coefficient (Wildman–Crippen LogP) is 1.96. The summed E-state index contributed by atoms with van der Waals surface area (Å²) in [5, 5.41) is 2.68. The molecule has 0 spiro atoms. The fourth-order valence-corrected chi connectivity index (χ4v) is 2.48. The first kappa shape index (κ1) is 18.9. The summed E-state index contributed by atoms with van der Waals surface area (Å²) in [6.07, 6.45) is -4.54. The molecule has 25 heavy (non-hydrogen) atoms. The van der Waals surface area contributed by atoms with Crippen LogP contribution in [0.1, 0.15) is 12.5 Å². The van der Waals surface area contributed by atoms with Gasteiger partial charge in [0.1, 0.15) is 5.75 Å². The van der Waals surface area contributed by atoms with Crippen molar-refractivity contribution in [2.45, 2.75) is 13.1 Å². The molecule has 1 aliphatic rings. The summed E-state index contributed by atoms with van der Waals surface area (Å²) in [6.45, 7) is 3.24. The summed E-state index contributed by atoms with van der Waals surface area (Å²) in [6, 6.07) is 4.58. The SMILES string of the molecule is CCNC(=O)N1CCN(C(=O)COc2ccccc2C(F)(F)F)CC1. The van der Waals surface area contributed by atoms with Crippen LogP contribution in [0.2, 0.25) is 0 Å². The molecule has 0 aromatic heterocycles. The van der Waals surface area contributed by atoms with Crippen molar-refractivity contribution in [3.63, 3.8) is 0 Å². The Morgan fingerprint density at radius 2 is 1.72 bits per heavy atom. The van der Waals surface area contributed by atoms with Gasteiger partial charge in [-0.3, -0.25) is 4.79 Å². The van der Waals surface area contributed by atoms with Crippen molar-refractivity contribution >= 4 is 11.9 Å². The normalized spacial score (nSPS) is 15.0. The maximum Gasteiger partial charge on any atom is 0.419 e. The Balaban J connectivity index is 1.87. The molecule has 1 saturated heterocycles. The second-order valence-corrected chi connectivity index (χ2v) is 5.49. The fraction of sp³-hybridized carbons (Fsp3) is 0.500. The van der Waals surface area contributed by atoms with Gasteiger partial charge >= 0.3 is 12.2 Å². The Morgan fingerprint density at radius 1 is 1.12 bits per heavy atom. The van der Waals surface area contributed by atoms with Gasteiger partial charge in [-0.1, -0.05) is 12.1 Å². The van der Waals surface area contributed by atoms with E-state index >= 15 is 0 Å². The number of nitrogens with zero attached hydrogens (tertiary/aromatic N) is 2. The van der Waals surface area contributed by atoms with Gasteiger partial charge in [0.2, 0.25) is 0 Å². The van der Waals surface area contributed by atoms with Crippen LogP contribution in [0.15, 0.2) is 24.3 Å². The van der Waals surface area contributed by atoms with Crippen molar-refractivity contribution in [2.24, 2.45) is 0 Å². The third kappa shape index (κ3) is 5.01. The average Bonchev–Trinajstić information content (AvgIpc) is 2.59. The molecule has 0 unspecified atom stereocenters. The molecule has 1 aromatic carbocycles. The number of halogens is 3. The zero-order valence-electron chi connectivity index (χ0n) is 13.8. The monoisotopic (exact) mass is 359 g/mol. The van der Waals surface area contributed by atoms with Crippen molar-refractivity contribution in [1.29, 1.82) is 0 Å². The molecule has 1 aliphatic heterocycles. The number of benzene rings is 1. The molecule has 0 aliphatic carbocycles. The van der Waals surface area contributed by atoms with Crippen LogP contribution in [-0.2, 0) is 11.0 Å². The number of nitrogens with one attached hydrogen (secondary N) is 1. The van der Waals surface area contributed by atoms with E-state index in [2.05, 4.69) is 5.32 Å². The first-order chi connectivity index (χ1) is 11.8. The lowest BCUT2D eigenvalue weighted by Gasteiger charge is -2.34. The van der Waals surface area contributed by atoms with E-state index in [0.29, 0.717) is 32.7 Å². The largest absolute Gasteiger partial charge is 0.483 e. The van der Waals surface area contributed by atoms with E-state index in [-0.39, 0.29) is 11.8 Å². The van der Waals surface area contributed by atoms with Gasteiger partial charge in [-0.2, -0.15) is 13.2 Å². The summed E-state index contributed by atoms with van der Waals surface area (Å²) in [4.78, 5) is 26.9. The molecule has 9 heteroatoms. The van der Waals surface area contributed by atoms with Crippen LogP contribution in [0.3, 0.4) is 0 Å². The molecule has 0 saturated carbocycles. The van der Waals surface area contributed by atoms with E-state index in [1.54, 1.807) is 4.90 Å². The Morgan fingerprint density at radius 3 is 2.32 bits per heavy atom. The van der Waals surface area contributed by atoms with E-state index in [1.165, 1.54) is 23.1 Å². The van der Waals surface area contributed by atoms with Crippen LogP contribution in [-0.4, -0.2) is 61.1 Å². The minimum atomic E-state index is -4.54. The predicted molar refractivity (Wildman–Crippen MR) is 84.2 cm³/mol. The molecule has 2 rings (SSSR count). The van der Waals surface area contributed by atoms with Crippen LogP contribution in [0.5, 0.6) is 5.75 Å². The van der Waals surface area contributed by atoms with Crippen LogP contribution >= 0.6 is 0 Å². The molecule has 6 nitrogen and oxygen atoms in total. The lowest BCUT2D eigenvalue weighted by molar-refractivity contribution is -0.141. The number of amides is 3. The topological polar surface area (TPSA) is 61.9 Å². The van der Waals surface area contributed by atoms with E-state index in [1.807, 2.05) is 6.92 Å². The number of urea groups is 1. The van der Waals surface area contributed by atoms with Crippen LogP contribution < -0.4 is 10.1 Å². The Hall–Kier alpha value is -2.45. The smallest absolute Gasteiger partial charge is 0.419 e. The number of para-hydroxylation sites is 1. The summed E-state index contributed by atoms with van der Waals surface area (Å²) < 4.78 is 43.8. The van der Waals surface area contributed by atoms with E-state index in [9.17, 15) is 22.8 Å². The third-order valence-corrected chi connectivity index (χ3v) is 3.79. The molecular formula is C16H20F3N3O3. The highest BCUT2D eigenvalue weighted by Crippen LogP contribution is 2.35. The number of carbonyl (C=O) groups excluding carboxylic acids is 2. The minimum Gasteiger partial charge on any atom is -0.483 e. The highest BCUT2D eigenvalue weighted by molar-refractivity contribution is 5.79. The molecule has 0 atom stereocenters. The zero-order chi connectivity index (χ0) is 18.4. The summed E-state index contributed by atoms with van der Waals surface area (Å²) in [5.74, 6) is -0.781. The number of piperazine rings is 1. The molecule has 1 heterocycles. The third-order valence-electron chi connectivity index (χ3n) is 3.79. The maximum absolute atomic E-state index is 12.9. The van der Waals surface area contributed by atoms with Crippen LogP contribution in [0, 0.1) is 0 Å². The number of hydrogen-bond donors (Lipinski definition) is 1. The molecule has 1 aromatic rings. The van der Waals surface area contributed by atoms with Gasteiger partial charge in [0.05, 0.1) is 5.56 Å². The van der Waals surface area contributed by atoms with E-state index in [4.69, 9.17) is 4.74 Å². The van der Waals surface area contributed by atoms with Gasteiger partial charge in [0, 0.05) is 32.7 Å². The maximum atomic E-state index is 12.9. The molecule has 1 N–H and O–H groups in total. The average molecular weight is 359 g/mol. The fourth-order valence-electron chi connectivity index (χ4n) is 2.48. The summed E-state index contributed by atoms with van der Waals surface area (Å²) in [5.41, 5.74) is -0.913. The number of hydrogen-bond acceptors (Lipinski definition) is 3. The van der Waals surface area contributed by atoms with Gasteiger partial charge in [-0.15, -0.1) is 0 Å². The van der Waals surface area contributed by atoms with Gasteiger partial charge < -0.3 is 19.9 Å². The Kier molecular flexibility index (Phi) is 6.11. The Bertz CT molecular complexity index is 614. The number of carbonyl (C=O) groups is 2. The quantitative estimate of drug-likeness (QED) is 0.894. The van der Waals surface area contributed by atoms with Gasteiger partial charge in [0.25, 0.3) is 5.91 Å². The first-order valence-electron chi connectivity index (χ1n) is 7.92. The van der Waals surface area contributed by atoms with Crippen molar-refractivity contribution in [3.05, 3.63) is 29.8 Å². The van der Waals surface area contributed by atoms with Gasteiger partial charge in [-0.25, -0.2) is 4.79 Å². The second kappa shape index (κ2) is 8.09. The van der Waals surface area contributed by atoms with Crippen molar-refractivity contribution in [2.75, 3.05) is 39.3 Å². The highest BCUT2D eigenvalue weighted by Gasteiger charge is 2.34. The number of alkyl halides is 3. The zero-order valence-corrected chi connectivity index (χ0v) is 13.8. The first-order valence-corrected chi connectivity index (χ1v) is 7.92. The van der Waals surface area contributed by atoms with Crippen molar-refractivity contribution in [3.8, 4) is 5.75 Å². The van der Waals surface area contributed by atoms with Crippen LogP contribution in [0.25, 0.3) is 0 Å². The van der Waals surface area contributed by atoms with Gasteiger partial charge in [0.15, 0.2) is 6.61 Å². The minimum absolute atomic E-state index is 0.190. The molecule has 1 fully saturated rings. The van der Waals surface area contributed by atoms with Crippen LogP contribution in [0.4, 0.5) is 18.0 Å². The summed E-state index contributed by atoms with van der Waals surface area (Å²) in [7, 11) is 0. The second-order valence-electron chi connectivity index (χ2n) is 5.49. The number of rotatable bonds is 4. The standard InChI is InChI=1S/C16H20F3N3O3/c1-2-20-15(24)22-9-7-21(8-10-22)14(23)11-25-13-6-4-3-5-12(13)16(17,18)19/h3-6H,2,7-11H2,1H3,(H,20,24). The lowest BCUT2D eigenvalue weighted by atomic mass is 10.2. The molecule has 138 valence electrons. The summed E-state index contributed by atoms with van der Waals surface area (Å²) >= 11 is 0. The highest BCUT2D eigenvalue weighted by atomic mass is 19.4. The van der Waals surface area contributed by atoms with Gasteiger partial charge in [-0.05, 0) is 19.1 Å². The molecular weight excluding hydrogens is 339 g/mol.